The molecule has 2 aromatic rings. The fraction of sp³-hybridized carbons (Fsp3) is 0.278. The Bertz CT molecular complexity index is 855. The summed E-state index contributed by atoms with van der Waals surface area (Å²) in [5.74, 6) is -1.31. The smallest absolute Gasteiger partial charge is 0.296 e. The van der Waals surface area contributed by atoms with Crippen LogP contribution in [0.25, 0.3) is 0 Å². The van der Waals surface area contributed by atoms with Crippen LogP contribution in [0.1, 0.15) is 30.1 Å². The van der Waals surface area contributed by atoms with Gasteiger partial charge in [-0.15, -0.1) is 0 Å². The summed E-state index contributed by atoms with van der Waals surface area (Å²) in [4.78, 5) is 12.4. The van der Waals surface area contributed by atoms with Crippen molar-refractivity contribution in [3.8, 4) is 0 Å². The van der Waals surface area contributed by atoms with E-state index in [-0.39, 0.29) is 16.4 Å². The predicted molar refractivity (Wildman–Crippen MR) is 86.3 cm³/mol. The van der Waals surface area contributed by atoms with E-state index in [1.54, 1.807) is 18.2 Å². The van der Waals surface area contributed by atoms with E-state index in [0.29, 0.717) is 12.8 Å². The van der Waals surface area contributed by atoms with Gasteiger partial charge in [-0.1, -0.05) is 35.9 Å². The Morgan fingerprint density at radius 3 is 2.33 bits per heavy atom. The minimum atomic E-state index is -4.18. The molecule has 1 fully saturated rings. The van der Waals surface area contributed by atoms with Crippen LogP contribution in [0.3, 0.4) is 0 Å². The third-order valence-corrected chi connectivity index (χ3v) is 5.25. The van der Waals surface area contributed by atoms with Crippen LogP contribution in [0.5, 0.6) is 0 Å². The van der Waals surface area contributed by atoms with Crippen molar-refractivity contribution in [1.82, 2.24) is 0 Å². The van der Waals surface area contributed by atoms with Crippen molar-refractivity contribution in [2.75, 3.05) is 0 Å². The molecule has 126 valence electrons. The highest BCUT2D eigenvalue weighted by Gasteiger charge is 2.39. The minimum Gasteiger partial charge on any atom is -0.296 e. The maximum Gasteiger partial charge on any atom is 0.297 e. The Labute approximate surface area is 140 Å². The van der Waals surface area contributed by atoms with Crippen LogP contribution in [0.2, 0.25) is 0 Å². The molecule has 1 unspecified atom stereocenters. The summed E-state index contributed by atoms with van der Waals surface area (Å²) in [6, 6.07) is 11.7. The zero-order valence-corrected chi connectivity index (χ0v) is 13.9. The number of ketones is 1. The average Bonchev–Trinajstić information content (AvgIpc) is 3.38. The average molecular weight is 348 g/mol. The monoisotopic (exact) mass is 348 g/mol. The molecular formula is C18H17FO4S. The van der Waals surface area contributed by atoms with Crippen molar-refractivity contribution in [2.45, 2.75) is 30.8 Å². The normalized spacial score (nSPS) is 15.9. The number of rotatable bonds is 6. The molecule has 3 rings (SSSR count). The zero-order chi connectivity index (χ0) is 17.3. The van der Waals surface area contributed by atoms with Crippen LogP contribution >= 0.6 is 0 Å². The van der Waals surface area contributed by atoms with E-state index in [2.05, 4.69) is 0 Å². The van der Waals surface area contributed by atoms with Crippen molar-refractivity contribution in [2.24, 2.45) is 5.92 Å². The van der Waals surface area contributed by atoms with Gasteiger partial charge in [-0.05, 0) is 38.0 Å². The first kappa shape index (κ1) is 16.8. The fourth-order valence-corrected chi connectivity index (χ4v) is 3.44. The van der Waals surface area contributed by atoms with Crippen molar-refractivity contribution in [1.29, 1.82) is 0 Å². The topological polar surface area (TPSA) is 60.4 Å². The lowest BCUT2D eigenvalue weighted by Gasteiger charge is -2.17. The summed E-state index contributed by atoms with van der Waals surface area (Å²) >= 11 is 0. The van der Waals surface area contributed by atoms with Gasteiger partial charge < -0.3 is 0 Å². The lowest BCUT2D eigenvalue weighted by molar-refractivity contribution is -0.127. The second-order valence-corrected chi connectivity index (χ2v) is 7.51. The highest BCUT2D eigenvalue weighted by Crippen LogP contribution is 2.38. The number of benzene rings is 2. The lowest BCUT2D eigenvalue weighted by Crippen LogP contribution is -2.22. The van der Waals surface area contributed by atoms with Gasteiger partial charge in [-0.25, -0.2) is 4.39 Å². The molecule has 0 N–H and O–H groups in total. The van der Waals surface area contributed by atoms with Gasteiger partial charge in [0.25, 0.3) is 10.1 Å². The molecule has 0 saturated heterocycles. The van der Waals surface area contributed by atoms with Gasteiger partial charge in [0.1, 0.15) is 5.82 Å². The molecule has 4 nitrogen and oxygen atoms in total. The van der Waals surface area contributed by atoms with Crippen molar-refractivity contribution >= 4 is 15.9 Å². The number of carbonyl (C=O) groups excluding carboxylic acids is 1. The van der Waals surface area contributed by atoms with E-state index in [9.17, 15) is 17.6 Å². The van der Waals surface area contributed by atoms with Crippen LogP contribution in [0.15, 0.2) is 53.4 Å². The Morgan fingerprint density at radius 1 is 1.12 bits per heavy atom. The van der Waals surface area contributed by atoms with Gasteiger partial charge in [0.05, 0.1) is 4.90 Å². The fourth-order valence-electron chi connectivity index (χ4n) is 2.41. The second-order valence-electron chi connectivity index (χ2n) is 5.94. The molecular weight excluding hydrogens is 331 g/mol. The maximum atomic E-state index is 14.1. The quantitative estimate of drug-likeness (QED) is 0.749. The minimum absolute atomic E-state index is 0.0508. The Morgan fingerprint density at radius 2 is 1.75 bits per heavy atom. The number of carbonyl (C=O) groups is 1. The van der Waals surface area contributed by atoms with E-state index in [1.807, 2.05) is 6.92 Å². The Kier molecular flexibility index (Phi) is 4.51. The summed E-state index contributed by atoms with van der Waals surface area (Å²) in [6.07, 6.45) is -0.0971. The number of Topliss-reactive ketones (excluding diaryl/α,β-unsaturated/α-hetero) is 1. The van der Waals surface area contributed by atoms with Gasteiger partial charge in [0.15, 0.2) is 11.9 Å². The van der Waals surface area contributed by atoms with Crippen molar-refractivity contribution < 1.29 is 21.8 Å². The molecule has 0 amide bonds. The molecule has 0 aliphatic heterocycles. The van der Waals surface area contributed by atoms with E-state index >= 15 is 0 Å². The summed E-state index contributed by atoms with van der Waals surface area (Å²) in [6.45, 7) is 1.83. The van der Waals surface area contributed by atoms with Crippen molar-refractivity contribution in [3.05, 3.63) is 65.5 Å². The van der Waals surface area contributed by atoms with E-state index in [0.717, 1.165) is 5.56 Å². The molecule has 1 aliphatic rings. The highest BCUT2D eigenvalue weighted by molar-refractivity contribution is 7.86. The largest absolute Gasteiger partial charge is 0.297 e. The summed E-state index contributed by atoms with van der Waals surface area (Å²) < 4.78 is 44.2. The molecule has 0 spiro atoms. The Hall–Kier alpha value is -2.05. The van der Waals surface area contributed by atoms with Crippen LogP contribution in [0, 0.1) is 18.7 Å². The van der Waals surface area contributed by atoms with Crippen LogP contribution in [-0.4, -0.2) is 14.2 Å². The van der Waals surface area contributed by atoms with Gasteiger partial charge in [-0.2, -0.15) is 8.42 Å². The first-order valence-corrected chi connectivity index (χ1v) is 9.07. The number of hydrogen-bond acceptors (Lipinski definition) is 4. The van der Waals surface area contributed by atoms with Gasteiger partial charge >= 0.3 is 0 Å². The van der Waals surface area contributed by atoms with Gasteiger partial charge in [0.2, 0.25) is 0 Å². The van der Waals surface area contributed by atoms with E-state index in [1.165, 1.54) is 30.3 Å². The molecule has 0 aromatic heterocycles. The van der Waals surface area contributed by atoms with Crippen molar-refractivity contribution in [3.63, 3.8) is 0 Å². The molecule has 1 saturated carbocycles. The third-order valence-electron chi connectivity index (χ3n) is 3.96. The molecule has 24 heavy (non-hydrogen) atoms. The second kappa shape index (κ2) is 6.45. The first-order chi connectivity index (χ1) is 11.4. The Balaban J connectivity index is 1.96. The van der Waals surface area contributed by atoms with Gasteiger partial charge in [0, 0.05) is 11.5 Å². The third kappa shape index (κ3) is 3.55. The molecule has 6 heteroatoms. The standard InChI is InChI=1S/C18H17FO4S/c1-12-6-10-14(11-7-12)24(21,22)23-18(17(20)13-8-9-13)15-4-2-3-5-16(15)19/h2-7,10-11,13,18H,8-9H2,1H3. The maximum absolute atomic E-state index is 14.1. The molecule has 0 radical (unpaired) electrons. The van der Waals surface area contributed by atoms with Crippen LogP contribution in [-0.2, 0) is 19.1 Å². The summed E-state index contributed by atoms with van der Waals surface area (Å²) in [5, 5.41) is 0. The molecule has 0 heterocycles. The predicted octanol–water partition coefficient (Wildman–Crippen LogP) is 3.56. The zero-order valence-electron chi connectivity index (χ0n) is 13.1. The molecule has 0 bridgehead atoms. The summed E-state index contributed by atoms with van der Waals surface area (Å²) in [5.41, 5.74) is 0.846. The van der Waals surface area contributed by atoms with Gasteiger partial charge in [-0.3, -0.25) is 8.98 Å². The number of halogens is 1. The molecule has 2 aromatic carbocycles. The first-order valence-electron chi connectivity index (χ1n) is 7.66. The lowest BCUT2D eigenvalue weighted by atomic mass is 10.0. The number of hydrogen-bond donors (Lipinski definition) is 0. The SMILES string of the molecule is Cc1ccc(S(=O)(=O)OC(C(=O)C2CC2)c2ccccc2F)cc1. The van der Waals surface area contributed by atoms with E-state index in [4.69, 9.17) is 4.18 Å². The highest BCUT2D eigenvalue weighted by atomic mass is 32.2. The van der Waals surface area contributed by atoms with Crippen LogP contribution in [0.4, 0.5) is 4.39 Å². The van der Waals surface area contributed by atoms with Crippen LogP contribution < -0.4 is 0 Å². The summed E-state index contributed by atoms with van der Waals surface area (Å²) in [7, 11) is -4.18. The number of aryl methyl sites for hydroxylation is 1. The molecule has 1 atom stereocenters. The molecule has 1 aliphatic carbocycles. The van der Waals surface area contributed by atoms with E-state index < -0.39 is 27.8 Å².